The van der Waals surface area contributed by atoms with Crippen molar-refractivity contribution in [1.82, 2.24) is 0 Å². The van der Waals surface area contributed by atoms with Crippen molar-refractivity contribution in [2.45, 2.75) is 19.8 Å². The zero-order valence-corrected chi connectivity index (χ0v) is 10.5. The molecule has 0 aliphatic rings. The van der Waals surface area contributed by atoms with E-state index in [9.17, 15) is 0 Å². The van der Waals surface area contributed by atoms with Crippen LogP contribution in [0.25, 0.3) is 10.8 Å². The Bertz CT molecular complexity index is 498. The van der Waals surface area contributed by atoms with Crippen LogP contribution in [-0.2, 0) is 0 Å². The summed E-state index contributed by atoms with van der Waals surface area (Å²) in [4.78, 5) is 2.16. The smallest absolute Gasteiger partial charge is 0.0370 e. The lowest BCUT2D eigenvalue weighted by Gasteiger charge is -2.18. The van der Waals surface area contributed by atoms with E-state index in [1.165, 1.54) is 22.0 Å². The first-order valence-electron chi connectivity index (χ1n) is 5.79. The molecule has 2 rings (SSSR count). The van der Waals surface area contributed by atoms with E-state index in [2.05, 4.69) is 69.2 Å². The molecule has 16 heavy (non-hydrogen) atoms. The van der Waals surface area contributed by atoms with E-state index in [1.807, 2.05) is 0 Å². The quantitative estimate of drug-likeness (QED) is 0.728. The zero-order chi connectivity index (χ0) is 11.7. The van der Waals surface area contributed by atoms with Gasteiger partial charge < -0.3 is 4.90 Å². The Labute approximate surface area is 97.7 Å². The molecule has 0 heterocycles. The molecule has 0 aromatic heterocycles. The molecule has 0 bridgehead atoms. The molecule has 0 aliphatic heterocycles. The summed E-state index contributed by atoms with van der Waals surface area (Å²) in [5, 5.41) is 2.71. The van der Waals surface area contributed by atoms with Crippen LogP contribution in [0.3, 0.4) is 0 Å². The molecule has 0 saturated carbocycles. The molecule has 0 saturated heterocycles. The molecular formula is C15H19N. The largest absolute Gasteiger partial charge is 0.378 e. The second kappa shape index (κ2) is 4.17. The standard InChI is InChI=1S/C15H19N/c1-11(2)15-10-13(16(3)4)9-12-7-5-6-8-14(12)15/h5-11H,1-4H3. The van der Waals surface area contributed by atoms with Gasteiger partial charge >= 0.3 is 0 Å². The van der Waals surface area contributed by atoms with Gasteiger partial charge in [0.15, 0.2) is 0 Å². The molecule has 0 atom stereocenters. The highest BCUT2D eigenvalue weighted by Gasteiger charge is 2.07. The van der Waals surface area contributed by atoms with E-state index in [0.29, 0.717) is 5.92 Å². The Hall–Kier alpha value is -1.50. The predicted octanol–water partition coefficient (Wildman–Crippen LogP) is 4.03. The Kier molecular flexibility index (Phi) is 2.86. The van der Waals surface area contributed by atoms with E-state index in [-0.39, 0.29) is 0 Å². The third kappa shape index (κ3) is 1.90. The van der Waals surface area contributed by atoms with Crippen LogP contribution in [0.4, 0.5) is 5.69 Å². The molecule has 0 radical (unpaired) electrons. The summed E-state index contributed by atoms with van der Waals surface area (Å²) < 4.78 is 0. The SMILES string of the molecule is CC(C)c1cc(N(C)C)cc2ccccc12. The Morgan fingerprint density at radius 1 is 1.00 bits per heavy atom. The average molecular weight is 213 g/mol. The number of rotatable bonds is 2. The first kappa shape index (κ1) is 11.0. The molecule has 0 aliphatic carbocycles. The maximum absolute atomic E-state index is 2.30. The molecule has 0 N–H and O–H groups in total. The molecular weight excluding hydrogens is 194 g/mol. The minimum Gasteiger partial charge on any atom is -0.378 e. The summed E-state index contributed by atoms with van der Waals surface area (Å²) in [6.07, 6.45) is 0. The normalized spacial score (nSPS) is 11.1. The first-order valence-corrected chi connectivity index (χ1v) is 5.79. The van der Waals surface area contributed by atoms with Gasteiger partial charge in [-0.25, -0.2) is 0 Å². The van der Waals surface area contributed by atoms with Crippen molar-refractivity contribution in [3.63, 3.8) is 0 Å². The average Bonchev–Trinajstić information content (AvgIpc) is 2.27. The van der Waals surface area contributed by atoms with Crippen LogP contribution in [0, 0.1) is 0 Å². The van der Waals surface area contributed by atoms with Gasteiger partial charge in [-0.1, -0.05) is 38.1 Å². The topological polar surface area (TPSA) is 3.24 Å². The molecule has 2 aromatic carbocycles. The number of fused-ring (bicyclic) bond motifs is 1. The summed E-state index contributed by atoms with van der Waals surface area (Å²) in [7, 11) is 4.18. The van der Waals surface area contributed by atoms with Crippen LogP contribution in [0.15, 0.2) is 36.4 Å². The van der Waals surface area contributed by atoms with Crippen molar-refractivity contribution in [1.29, 1.82) is 0 Å². The lowest BCUT2D eigenvalue weighted by atomic mass is 9.95. The molecule has 1 nitrogen and oxygen atoms in total. The lowest BCUT2D eigenvalue weighted by molar-refractivity contribution is 0.875. The summed E-state index contributed by atoms with van der Waals surface area (Å²) >= 11 is 0. The summed E-state index contributed by atoms with van der Waals surface area (Å²) in [6.45, 7) is 4.50. The third-order valence-corrected chi connectivity index (χ3v) is 3.02. The Morgan fingerprint density at radius 3 is 2.31 bits per heavy atom. The van der Waals surface area contributed by atoms with E-state index < -0.39 is 0 Å². The van der Waals surface area contributed by atoms with Gasteiger partial charge in [-0.3, -0.25) is 0 Å². The molecule has 0 fully saturated rings. The van der Waals surface area contributed by atoms with Crippen molar-refractivity contribution >= 4 is 16.5 Å². The highest BCUT2D eigenvalue weighted by molar-refractivity contribution is 5.89. The van der Waals surface area contributed by atoms with Crippen molar-refractivity contribution in [3.8, 4) is 0 Å². The van der Waals surface area contributed by atoms with Crippen molar-refractivity contribution in [3.05, 3.63) is 42.0 Å². The number of hydrogen-bond donors (Lipinski definition) is 0. The van der Waals surface area contributed by atoms with Crippen LogP contribution in [0.5, 0.6) is 0 Å². The molecule has 1 heteroatoms. The van der Waals surface area contributed by atoms with Crippen LogP contribution < -0.4 is 4.90 Å². The van der Waals surface area contributed by atoms with Gasteiger partial charge in [0.1, 0.15) is 0 Å². The predicted molar refractivity (Wildman–Crippen MR) is 72.4 cm³/mol. The number of benzene rings is 2. The van der Waals surface area contributed by atoms with Crippen LogP contribution in [0.1, 0.15) is 25.3 Å². The van der Waals surface area contributed by atoms with Gasteiger partial charge in [-0.05, 0) is 34.4 Å². The van der Waals surface area contributed by atoms with Gasteiger partial charge in [0.2, 0.25) is 0 Å². The van der Waals surface area contributed by atoms with Gasteiger partial charge in [0, 0.05) is 19.8 Å². The fourth-order valence-electron chi connectivity index (χ4n) is 2.06. The van der Waals surface area contributed by atoms with E-state index in [1.54, 1.807) is 0 Å². The minimum absolute atomic E-state index is 0.560. The summed E-state index contributed by atoms with van der Waals surface area (Å²) in [5.74, 6) is 0.560. The van der Waals surface area contributed by atoms with Crippen LogP contribution >= 0.6 is 0 Å². The van der Waals surface area contributed by atoms with Crippen molar-refractivity contribution < 1.29 is 0 Å². The molecule has 0 unspecified atom stereocenters. The fourth-order valence-corrected chi connectivity index (χ4v) is 2.06. The van der Waals surface area contributed by atoms with Gasteiger partial charge in [-0.15, -0.1) is 0 Å². The van der Waals surface area contributed by atoms with Crippen LogP contribution in [0.2, 0.25) is 0 Å². The zero-order valence-electron chi connectivity index (χ0n) is 10.5. The molecule has 0 amide bonds. The number of anilines is 1. The van der Waals surface area contributed by atoms with Gasteiger partial charge in [0.25, 0.3) is 0 Å². The van der Waals surface area contributed by atoms with E-state index in [0.717, 1.165) is 0 Å². The lowest BCUT2D eigenvalue weighted by Crippen LogP contribution is -2.09. The molecule has 84 valence electrons. The first-order chi connectivity index (χ1) is 7.59. The minimum atomic E-state index is 0.560. The maximum atomic E-state index is 2.30. The third-order valence-electron chi connectivity index (χ3n) is 3.02. The summed E-state index contributed by atoms with van der Waals surface area (Å²) in [6, 6.07) is 13.2. The second-order valence-corrected chi connectivity index (χ2v) is 4.81. The highest BCUT2D eigenvalue weighted by Crippen LogP contribution is 2.30. The van der Waals surface area contributed by atoms with E-state index in [4.69, 9.17) is 0 Å². The van der Waals surface area contributed by atoms with E-state index >= 15 is 0 Å². The number of nitrogens with zero attached hydrogens (tertiary/aromatic N) is 1. The van der Waals surface area contributed by atoms with Crippen molar-refractivity contribution in [2.75, 3.05) is 19.0 Å². The van der Waals surface area contributed by atoms with Crippen molar-refractivity contribution in [2.24, 2.45) is 0 Å². The Morgan fingerprint density at radius 2 is 1.69 bits per heavy atom. The second-order valence-electron chi connectivity index (χ2n) is 4.81. The van der Waals surface area contributed by atoms with Gasteiger partial charge in [0.05, 0.1) is 0 Å². The summed E-state index contributed by atoms with van der Waals surface area (Å²) in [5.41, 5.74) is 2.71. The Balaban J connectivity index is 2.74. The maximum Gasteiger partial charge on any atom is 0.0370 e. The number of hydrogen-bond acceptors (Lipinski definition) is 1. The highest BCUT2D eigenvalue weighted by atomic mass is 15.1. The monoisotopic (exact) mass is 213 g/mol. The van der Waals surface area contributed by atoms with Gasteiger partial charge in [-0.2, -0.15) is 0 Å². The fraction of sp³-hybridized carbons (Fsp3) is 0.333. The molecule has 0 spiro atoms. The van der Waals surface area contributed by atoms with Crippen LogP contribution in [-0.4, -0.2) is 14.1 Å². The molecule has 2 aromatic rings.